The van der Waals surface area contributed by atoms with E-state index in [4.69, 9.17) is 28.9 Å². The number of nitrogens with zero attached hydrogens (tertiary/aromatic N) is 13. The summed E-state index contributed by atoms with van der Waals surface area (Å²) in [6, 6.07) is 3.70. The van der Waals surface area contributed by atoms with Crippen molar-refractivity contribution in [1.29, 1.82) is 0 Å². The van der Waals surface area contributed by atoms with Crippen LogP contribution in [0.2, 0.25) is 0 Å². The zero-order chi connectivity index (χ0) is 54.1. The van der Waals surface area contributed by atoms with Crippen molar-refractivity contribution in [2.75, 3.05) is 42.9 Å². The fourth-order valence-electron chi connectivity index (χ4n) is 8.71. The van der Waals surface area contributed by atoms with E-state index in [1.165, 1.54) is 0 Å². The number of carbonyl (C=O) groups is 4. The van der Waals surface area contributed by atoms with Gasteiger partial charge in [0.15, 0.2) is 11.3 Å². The molecule has 2 saturated heterocycles. The standard InChI is InChI=1S/C27H39N7O4.C25H35N7O4/c1-9-33(25(36)38-27(5,6)7)22-13-21(18-11-10-12-32(17-18)24(35)37-26(2,3)4)30-23-20(15-29-34(22)23)19-14-28-31(8)16-19;1-24(2,3)35-22(33)29-20-11-19(16-9-8-10-31(15-16)23(34)36-25(4,5)6)28-21-18(13-27-32(20)21)17-12-26-30(7)14-17/h13-16,18H,9-12,17H2,1-8H3;11-14,16H,8-10,15H2,1-7H3,(H,29,33). The molecule has 0 radical (unpaired) electrons. The van der Waals surface area contributed by atoms with E-state index in [0.717, 1.165) is 59.3 Å². The lowest BCUT2D eigenvalue weighted by atomic mass is 9.94. The van der Waals surface area contributed by atoms with Crippen LogP contribution in [0.5, 0.6) is 0 Å². The molecule has 2 atom stereocenters. The molecule has 8 heterocycles. The molecule has 2 unspecified atom stereocenters. The van der Waals surface area contributed by atoms with Gasteiger partial charge >= 0.3 is 24.4 Å². The molecule has 6 aromatic rings. The van der Waals surface area contributed by atoms with Crippen molar-refractivity contribution in [3.63, 3.8) is 0 Å². The van der Waals surface area contributed by atoms with E-state index in [9.17, 15) is 19.2 Å². The van der Waals surface area contributed by atoms with Gasteiger partial charge in [0.25, 0.3) is 0 Å². The lowest BCUT2D eigenvalue weighted by Crippen LogP contribution is -2.42. The van der Waals surface area contributed by atoms with Gasteiger partial charge in [-0.1, -0.05) is 0 Å². The molecular weight excluding hydrogens is 949 g/mol. The Bertz CT molecular complexity index is 2980. The van der Waals surface area contributed by atoms with E-state index < -0.39 is 34.6 Å². The molecule has 6 aromatic heterocycles. The Morgan fingerprint density at radius 1 is 0.608 bits per heavy atom. The number of rotatable bonds is 7. The second-order valence-electron chi connectivity index (χ2n) is 22.9. The van der Waals surface area contributed by atoms with Crippen molar-refractivity contribution >= 4 is 47.3 Å². The van der Waals surface area contributed by atoms with E-state index in [0.29, 0.717) is 55.7 Å². The maximum Gasteiger partial charge on any atom is 0.415 e. The number of aromatic nitrogens is 10. The van der Waals surface area contributed by atoms with Gasteiger partial charge in [0.05, 0.1) is 36.2 Å². The van der Waals surface area contributed by atoms with Crippen molar-refractivity contribution < 1.29 is 38.1 Å². The summed E-state index contributed by atoms with van der Waals surface area (Å²) in [5, 5.41) is 20.5. The van der Waals surface area contributed by atoms with Crippen LogP contribution >= 0.6 is 0 Å². The van der Waals surface area contributed by atoms with Crippen LogP contribution in [-0.4, -0.2) is 138 Å². The topological polar surface area (TPSA) is 223 Å². The monoisotopic (exact) mass is 1020 g/mol. The molecule has 0 bridgehead atoms. The first-order valence-electron chi connectivity index (χ1n) is 25.3. The van der Waals surface area contributed by atoms with Crippen LogP contribution in [0, 0.1) is 0 Å². The molecule has 22 heteroatoms. The van der Waals surface area contributed by atoms with Gasteiger partial charge in [0, 0.05) is 105 Å². The van der Waals surface area contributed by atoms with Crippen LogP contribution in [-0.2, 0) is 33.0 Å². The predicted octanol–water partition coefficient (Wildman–Crippen LogP) is 9.60. The van der Waals surface area contributed by atoms with Gasteiger partial charge in [-0.15, -0.1) is 0 Å². The van der Waals surface area contributed by atoms with Gasteiger partial charge in [-0.3, -0.25) is 19.6 Å². The Kier molecular flexibility index (Phi) is 15.7. The number of ether oxygens (including phenoxy) is 4. The van der Waals surface area contributed by atoms with Gasteiger partial charge in [-0.05, 0) is 116 Å². The highest BCUT2D eigenvalue weighted by Crippen LogP contribution is 2.35. The van der Waals surface area contributed by atoms with E-state index in [2.05, 4.69) is 25.7 Å². The highest BCUT2D eigenvalue weighted by molar-refractivity contribution is 5.89. The normalized spacial score (nSPS) is 16.6. The first-order valence-corrected chi connectivity index (χ1v) is 25.3. The fraction of sp³-hybridized carbons (Fsp3) is 0.577. The molecule has 2 fully saturated rings. The van der Waals surface area contributed by atoms with Crippen molar-refractivity contribution in [3.05, 3.63) is 60.7 Å². The summed E-state index contributed by atoms with van der Waals surface area (Å²) < 4.78 is 29.1. The Labute approximate surface area is 432 Å². The highest BCUT2D eigenvalue weighted by atomic mass is 16.6. The van der Waals surface area contributed by atoms with Crippen molar-refractivity contribution in [2.45, 2.75) is 150 Å². The van der Waals surface area contributed by atoms with Crippen LogP contribution in [0.15, 0.2) is 49.3 Å². The lowest BCUT2D eigenvalue weighted by molar-refractivity contribution is 0.0187. The quantitative estimate of drug-likeness (QED) is 0.147. The summed E-state index contributed by atoms with van der Waals surface area (Å²) in [6.45, 7) is 26.6. The molecule has 74 heavy (non-hydrogen) atoms. The predicted molar refractivity (Wildman–Crippen MR) is 279 cm³/mol. The second-order valence-corrected chi connectivity index (χ2v) is 22.9. The first-order chi connectivity index (χ1) is 34.5. The number of hydrogen-bond donors (Lipinski definition) is 1. The third kappa shape index (κ3) is 13.7. The number of likely N-dealkylation sites (tertiary alicyclic amines) is 2. The van der Waals surface area contributed by atoms with Gasteiger partial charge in [-0.25, -0.2) is 29.1 Å². The SMILES string of the molecule is CCN(C(=O)OC(C)(C)C)c1cc(C2CCCN(C(=O)OC(C)(C)C)C2)nc2c(-c3cnn(C)c3)cnn12.Cn1cc(-c2cnn3c(NC(=O)OC(C)(C)C)cc(C4CCCN(C(=O)OC(C)(C)C)C4)nc23)cn1. The minimum atomic E-state index is -0.651. The minimum absolute atomic E-state index is 0.0333. The van der Waals surface area contributed by atoms with E-state index in [1.54, 1.807) is 63.9 Å². The molecule has 4 amide bonds. The fourth-order valence-corrected chi connectivity index (χ4v) is 8.71. The zero-order valence-electron chi connectivity index (χ0n) is 45.7. The maximum absolute atomic E-state index is 13.2. The highest BCUT2D eigenvalue weighted by Gasteiger charge is 2.34. The molecule has 1 N–H and O–H groups in total. The number of nitrogens with one attached hydrogen (secondary N) is 1. The number of amides is 4. The number of fused-ring (bicyclic) bond motifs is 2. The average molecular weight is 1020 g/mol. The summed E-state index contributed by atoms with van der Waals surface area (Å²) in [5.74, 6) is 0.932. The van der Waals surface area contributed by atoms with Gasteiger partial charge in [-0.2, -0.15) is 29.4 Å². The smallest absolute Gasteiger partial charge is 0.415 e. The number of anilines is 2. The van der Waals surface area contributed by atoms with Gasteiger partial charge in [0.1, 0.15) is 34.0 Å². The van der Waals surface area contributed by atoms with Crippen LogP contribution in [0.4, 0.5) is 30.8 Å². The van der Waals surface area contributed by atoms with Crippen molar-refractivity contribution in [3.8, 4) is 22.3 Å². The summed E-state index contributed by atoms with van der Waals surface area (Å²) in [5.41, 5.74) is 3.63. The van der Waals surface area contributed by atoms with E-state index in [-0.39, 0.29) is 24.0 Å². The first kappa shape index (κ1) is 54.5. The van der Waals surface area contributed by atoms with Crippen LogP contribution in [0.3, 0.4) is 0 Å². The number of hydrogen-bond acceptors (Lipinski definition) is 14. The van der Waals surface area contributed by atoms with Gasteiger partial charge in [0.2, 0.25) is 0 Å². The Balaban J connectivity index is 0.000000217. The van der Waals surface area contributed by atoms with Crippen LogP contribution < -0.4 is 10.2 Å². The molecule has 0 spiro atoms. The lowest BCUT2D eigenvalue weighted by Gasteiger charge is -2.34. The largest absolute Gasteiger partial charge is 0.444 e. The molecule has 8 rings (SSSR count). The molecule has 0 saturated carbocycles. The minimum Gasteiger partial charge on any atom is -0.444 e. The molecule has 22 nitrogen and oxygen atoms in total. The Hall–Kier alpha value is -7.26. The molecule has 2 aliphatic rings. The van der Waals surface area contributed by atoms with Crippen LogP contribution in [0.25, 0.3) is 33.5 Å². The third-order valence-corrected chi connectivity index (χ3v) is 11.8. The Morgan fingerprint density at radius 2 is 1.05 bits per heavy atom. The summed E-state index contributed by atoms with van der Waals surface area (Å²) in [4.78, 5) is 66.5. The number of aryl methyl sites for hydroxylation is 2. The molecule has 0 aromatic carbocycles. The summed E-state index contributed by atoms with van der Waals surface area (Å²) in [6.07, 6.45) is 12.4. The second kappa shape index (κ2) is 21.3. The number of piperidine rings is 2. The van der Waals surface area contributed by atoms with Crippen molar-refractivity contribution in [1.82, 2.24) is 58.6 Å². The van der Waals surface area contributed by atoms with Crippen LogP contribution in [0.1, 0.15) is 139 Å². The molecule has 0 aliphatic carbocycles. The summed E-state index contributed by atoms with van der Waals surface area (Å²) >= 11 is 0. The maximum atomic E-state index is 13.2. The average Bonchev–Trinajstić information content (AvgIpc) is 4.11. The van der Waals surface area contributed by atoms with E-state index >= 15 is 0 Å². The van der Waals surface area contributed by atoms with Gasteiger partial charge < -0.3 is 28.7 Å². The van der Waals surface area contributed by atoms with Crippen molar-refractivity contribution in [2.24, 2.45) is 14.1 Å². The molecule has 2 aliphatic heterocycles. The number of carbonyl (C=O) groups excluding carboxylic acids is 4. The third-order valence-electron chi connectivity index (χ3n) is 11.8. The Morgan fingerprint density at radius 3 is 1.49 bits per heavy atom. The molecule has 400 valence electrons. The van der Waals surface area contributed by atoms with E-state index in [1.807, 2.05) is 123 Å². The molecular formula is C52H74N14O8. The zero-order valence-corrected chi connectivity index (χ0v) is 45.7. The summed E-state index contributed by atoms with van der Waals surface area (Å²) in [7, 11) is 3.70.